The highest BCUT2D eigenvalue weighted by Gasteiger charge is 2.48. The van der Waals surface area contributed by atoms with Gasteiger partial charge in [0.15, 0.2) is 0 Å². The number of aromatic nitrogens is 4. The maximum Gasteiger partial charge on any atom is 0.202 e. The van der Waals surface area contributed by atoms with Crippen LogP contribution in [0.5, 0.6) is 0 Å². The molecule has 2 aliphatic carbocycles. The van der Waals surface area contributed by atoms with Gasteiger partial charge < -0.3 is 13.7 Å². The molecule has 0 spiro atoms. The van der Waals surface area contributed by atoms with Gasteiger partial charge in [-0.3, -0.25) is 14.7 Å². The number of hydrogen-bond acceptors (Lipinski definition) is 7. The first-order valence-corrected chi connectivity index (χ1v) is 14.6. The molecule has 1 aliphatic heterocycles. The topological polar surface area (TPSA) is 86.3 Å². The SMILES string of the molecule is Cc1cc(CN2CCO[C@H](C)C2)cc2c(=O)c(-c3cc(C4(c5nncn5C)CC(C)C4)cc(C4CC4)n3)coc12. The van der Waals surface area contributed by atoms with E-state index in [4.69, 9.17) is 14.1 Å². The molecule has 8 heteroatoms. The Hall–Kier alpha value is -3.36. The quantitative estimate of drug-likeness (QED) is 0.337. The zero-order valence-corrected chi connectivity index (χ0v) is 23.8. The molecule has 7 rings (SSSR count). The van der Waals surface area contributed by atoms with Gasteiger partial charge in [-0.05, 0) is 80.3 Å². The van der Waals surface area contributed by atoms with Crippen molar-refractivity contribution < 1.29 is 9.15 Å². The Bertz CT molecular complexity index is 1650. The average Bonchev–Trinajstić information content (AvgIpc) is 3.68. The zero-order valence-electron chi connectivity index (χ0n) is 23.8. The van der Waals surface area contributed by atoms with E-state index in [-0.39, 0.29) is 16.9 Å². The third-order valence-corrected chi connectivity index (χ3v) is 9.05. The van der Waals surface area contributed by atoms with Crippen molar-refractivity contribution in [2.45, 2.75) is 70.4 Å². The molecule has 4 heterocycles. The van der Waals surface area contributed by atoms with Crippen molar-refractivity contribution in [3.05, 3.63) is 75.3 Å². The van der Waals surface area contributed by atoms with Gasteiger partial charge >= 0.3 is 0 Å². The molecule has 1 aromatic carbocycles. The molecule has 3 aliphatic rings. The molecule has 1 atom stereocenters. The first-order valence-electron chi connectivity index (χ1n) is 14.6. The van der Waals surface area contributed by atoms with Gasteiger partial charge in [0.2, 0.25) is 5.43 Å². The summed E-state index contributed by atoms with van der Waals surface area (Å²) in [5, 5.41) is 9.37. The molecule has 3 fully saturated rings. The second-order valence-corrected chi connectivity index (χ2v) is 12.5. The van der Waals surface area contributed by atoms with Crippen molar-refractivity contribution >= 4 is 11.0 Å². The van der Waals surface area contributed by atoms with Crippen LogP contribution in [0.15, 0.2) is 46.1 Å². The molecule has 0 bridgehead atoms. The molecule has 8 nitrogen and oxygen atoms in total. The van der Waals surface area contributed by atoms with Gasteiger partial charge in [0.25, 0.3) is 0 Å². The monoisotopic (exact) mass is 539 g/mol. The minimum absolute atomic E-state index is 0.0253. The molecule has 3 aromatic heterocycles. The van der Waals surface area contributed by atoms with Gasteiger partial charge in [0.05, 0.1) is 34.8 Å². The predicted molar refractivity (Wildman–Crippen MR) is 153 cm³/mol. The van der Waals surface area contributed by atoms with Crippen molar-refractivity contribution in [2.75, 3.05) is 19.7 Å². The summed E-state index contributed by atoms with van der Waals surface area (Å²) in [6, 6.07) is 8.52. The second kappa shape index (κ2) is 9.63. The Balaban J connectivity index is 1.33. The lowest BCUT2D eigenvalue weighted by molar-refractivity contribution is -0.0212. The number of benzene rings is 1. The predicted octanol–water partition coefficient (Wildman–Crippen LogP) is 5.11. The van der Waals surface area contributed by atoms with Crippen LogP contribution in [0, 0.1) is 12.8 Å². The van der Waals surface area contributed by atoms with Gasteiger partial charge in [-0.25, -0.2) is 0 Å². The number of rotatable bonds is 6. The summed E-state index contributed by atoms with van der Waals surface area (Å²) in [7, 11) is 2.01. The Kier molecular flexibility index (Phi) is 6.16. The number of hydrogen-bond donors (Lipinski definition) is 0. The largest absolute Gasteiger partial charge is 0.463 e. The molecule has 0 unspecified atom stereocenters. The van der Waals surface area contributed by atoms with Gasteiger partial charge in [0.1, 0.15) is 24.0 Å². The van der Waals surface area contributed by atoms with Crippen LogP contribution < -0.4 is 5.43 Å². The number of ether oxygens (including phenoxy) is 1. The molecular weight excluding hydrogens is 502 g/mol. The molecule has 0 N–H and O–H groups in total. The Morgan fingerprint density at radius 3 is 2.65 bits per heavy atom. The van der Waals surface area contributed by atoms with E-state index in [1.54, 1.807) is 12.6 Å². The van der Waals surface area contributed by atoms with Crippen LogP contribution in [0.3, 0.4) is 0 Å². The number of pyridine rings is 1. The summed E-state index contributed by atoms with van der Waals surface area (Å²) in [6.45, 7) is 9.71. The molecule has 208 valence electrons. The summed E-state index contributed by atoms with van der Waals surface area (Å²) in [6.07, 6.45) is 7.89. The van der Waals surface area contributed by atoms with Crippen molar-refractivity contribution in [1.29, 1.82) is 0 Å². The molecule has 0 radical (unpaired) electrons. The van der Waals surface area contributed by atoms with Gasteiger partial charge in [-0.1, -0.05) is 13.0 Å². The minimum atomic E-state index is -0.220. The maximum atomic E-state index is 14.1. The van der Waals surface area contributed by atoms with Gasteiger partial charge in [0, 0.05) is 38.3 Å². The summed E-state index contributed by atoms with van der Waals surface area (Å²) < 4.78 is 13.9. The Morgan fingerprint density at radius 2 is 1.95 bits per heavy atom. The second-order valence-electron chi connectivity index (χ2n) is 12.5. The van der Waals surface area contributed by atoms with Crippen LogP contribution in [0.25, 0.3) is 22.2 Å². The lowest BCUT2D eigenvalue weighted by Gasteiger charge is -2.46. The summed E-state index contributed by atoms with van der Waals surface area (Å²) >= 11 is 0. The van der Waals surface area contributed by atoms with Crippen LogP contribution in [0.2, 0.25) is 0 Å². The highest BCUT2D eigenvalue weighted by Crippen LogP contribution is 2.53. The highest BCUT2D eigenvalue weighted by molar-refractivity contribution is 5.84. The van der Waals surface area contributed by atoms with Crippen LogP contribution >= 0.6 is 0 Å². The summed E-state index contributed by atoms with van der Waals surface area (Å²) in [5.41, 5.74) is 5.96. The summed E-state index contributed by atoms with van der Waals surface area (Å²) in [4.78, 5) is 21.5. The smallest absolute Gasteiger partial charge is 0.202 e. The number of fused-ring (bicyclic) bond motifs is 1. The van der Waals surface area contributed by atoms with Crippen molar-refractivity contribution in [1.82, 2.24) is 24.6 Å². The highest BCUT2D eigenvalue weighted by atomic mass is 16.5. The fraction of sp³-hybridized carbons (Fsp3) is 0.500. The fourth-order valence-corrected chi connectivity index (χ4v) is 7.00. The lowest BCUT2D eigenvalue weighted by Crippen LogP contribution is -2.43. The Morgan fingerprint density at radius 1 is 1.12 bits per heavy atom. The average molecular weight is 540 g/mol. The van der Waals surface area contributed by atoms with E-state index < -0.39 is 0 Å². The minimum Gasteiger partial charge on any atom is -0.463 e. The molecule has 1 saturated heterocycles. The van der Waals surface area contributed by atoms with E-state index >= 15 is 0 Å². The first-order chi connectivity index (χ1) is 19.3. The lowest BCUT2D eigenvalue weighted by atomic mass is 9.58. The van der Waals surface area contributed by atoms with E-state index in [2.05, 4.69) is 47.1 Å². The van der Waals surface area contributed by atoms with Crippen LogP contribution in [-0.2, 0) is 23.7 Å². The molecular formula is C32H37N5O3. The third-order valence-electron chi connectivity index (χ3n) is 9.05. The van der Waals surface area contributed by atoms with Crippen molar-refractivity contribution in [2.24, 2.45) is 13.0 Å². The summed E-state index contributed by atoms with van der Waals surface area (Å²) in [5.74, 6) is 2.03. The Labute approximate surface area is 234 Å². The molecule has 2 saturated carbocycles. The van der Waals surface area contributed by atoms with Crippen molar-refractivity contribution in [3.8, 4) is 11.3 Å². The van der Waals surface area contributed by atoms with Gasteiger partial charge in [-0.2, -0.15) is 0 Å². The van der Waals surface area contributed by atoms with Crippen LogP contribution in [0.4, 0.5) is 0 Å². The van der Waals surface area contributed by atoms with E-state index in [0.717, 1.165) is 74.6 Å². The first kappa shape index (κ1) is 25.6. The number of nitrogens with zero attached hydrogens (tertiary/aromatic N) is 5. The molecule has 4 aromatic rings. The van der Waals surface area contributed by atoms with Gasteiger partial charge in [-0.15, -0.1) is 10.2 Å². The van der Waals surface area contributed by atoms with Crippen LogP contribution in [0.1, 0.15) is 73.7 Å². The van der Waals surface area contributed by atoms with E-state index in [1.807, 2.05) is 24.6 Å². The zero-order chi connectivity index (χ0) is 27.6. The van der Waals surface area contributed by atoms with Crippen LogP contribution in [-0.4, -0.2) is 50.4 Å². The third kappa shape index (κ3) is 4.38. The fourth-order valence-electron chi connectivity index (χ4n) is 7.00. The van der Waals surface area contributed by atoms with Crippen molar-refractivity contribution in [3.63, 3.8) is 0 Å². The number of morpholine rings is 1. The van der Waals surface area contributed by atoms with E-state index in [0.29, 0.717) is 34.1 Å². The normalized spacial score (nSPS) is 25.3. The van der Waals surface area contributed by atoms with E-state index in [1.165, 1.54) is 5.56 Å². The maximum absolute atomic E-state index is 14.1. The number of aryl methyl sites for hydroxylation is 2. The van der Waals surface area contributed by atoms with E-state index in [9.17, 15) is 4.79 Å². The standard InChI is InChI=1S/C32H37N5O3/c1-19-13-32(14-19,31-35-33-18-36(31)4)24-11-27(23-5-6-23)34-28(12-24)26-17-40-30-20(2)9-22(10-25(30)29(26)38)16-37-7-8-39-21(3)15-37/h9-12,17-19,21,23H,5-8,13-16H2,1-4H3/t19?,21-,32?/m1/s1. The molecule has 40 heavy (non-hydrogen) atoms. The molecule has 0 amide bonds.